The van der Waals surface area contributed by atoms with Crippen molar-refractivity contribution in [2.75, 3.05) is 0 Å². The molecule has 0 fully saturated rings. The van der Waals surface area contributed by atoms with E-state index in [1.165, 1.54) is 93.4 Å². The van der Waals surface area contributed by atoms with E-state index in [-0.39, 0.29) is 22.3 Å². The maximum absolute atomic E-state index is 13.3. The summed E-state index contributed by atoms with van der Waals surface area (Å²) < 4.78 is 31.8. The Labute approximate surface area is 594 Å². The highest BCUT2D eigenvalue weighted by Crippen LogP contribution is 2.27. The molecule has 104 heavy (non-hydrogen) atoms. The Morgan fingerprint density at radius 2 is 0.731 bits per heavy atom. The van der Waals surface area contributed by atoms with Crippen LogP contribution >= 0.6 is 0 Å². The number of aromatic nitrogens is 17. The molecule has 0 aliphatic rings. The molecule has 4 amide bonds. The molecule has 0 aliphatic heterocycles. The first kappa shape index (κ1) is 72.4. The number of nitrogens with two attached hydrogens (primary N) is 4. The van der Waals surface area contributed by atoms with Crippen molar-refractivity contribution in [3.63, 3.8) is 0 Å². The molecule has 518 valence electrons. The second-order valence-corrected chi connectivity index (χ2v) is 23.9. The molecule has 0 saturated carbocycles. The number of nitrogens with zero attached hydrogens (tertiary/aromatic N) is 18. The minimum Gasteiger partial charge on any atom is -0.366 e. The van der Waals surface area contributed by atoms with Crippen LogP contribution in [0.15, 0.2) is 184 Å². The van der Waals surface area contributed by atoms with Crippen LogP contribution in [0.1, 0.15) is 66.8 Å². The number of primary amides is 4. The molecule has 26 nitrogen and oxygen atoms in total. The van der Waals surface area contributed by atoms with Crippen molar-refractivity contribution in [3.8, 4) is 45.6 Å². The summed E-state index contributed by atoms with van der Waals surface area (Å²) in [7, 11) is 0. The summed E-state index contributed by atoms with van der Waals surface area (Å²) in [6.07, 6.45) is 19.1. The Morgan fingerprint density at radius 1 is 0.385 bits per heavy atom. The number of halogens is 2. The SMILES string of the molecule is Cc1cc(C)cc(-c2ncn(/C=C(/C(N)=O)c3ccnc(F)c3)n2)c1.Cc1cc(C)cc(-c2ncn(/C=C(/C(N)=O)c3cnc(F)nc3)n2)c1.Cc1cc(C)cc(-c2ncn(/C=C(/C(N)=O)c3cnc4ccccc4c3)n2)c1.[C-]#[N+]c1cncc(/C(=C\n2cnc(-c3cc(C)cc(C)c3)n2)C(N)=O)c1. The van der Waals surface area contributed by atoms with Crippen molar-refractivity contribution in [2.24, 2.45) is 22.9 Å². The van der Waals surface area contributed by atoms with E-state index in [9.17, 15) is 28.0 Å². The predicted molar refractivity (Wildman–Crippen MR) is 392 cm³/mol. The van der Waals surface area contributed by atoms with E-state index in [1.807, 2.05) is 134 Å². The number of carbonyl (C=O) groups is 4. The van der Waals surface area contributed by atoms with Crippen LogP contribution in [0, 0.1) is 74.0 Å². The molecule has 0 aliphatic carbocycles. The fourth-order valence-electron chi connectivity index (χ4n) is 10.8. The lowest BCUT2D eigenvalue weighted by atomic mass is 10.1. The van der Waals surface area contributed by atoms with Crippen molar-refractivity contribution in [1.29, 1.82) is 0 Å². The molecule has 13 aromatic rings. The topological polar surface area (TPSA) is 364 Å². The number of pyridine rings is 3. The monoisotopic (exact) mass is 1390 g/mol. The Hall–Kier alpha value is -14.4. The van der Waals surface area contributed by atoms with Gasteiger partial charge in [-0.15, -0.1) is 20.4 Å². The van der Waals surface area contributed by atoms with E-state index in [1.54, 1.807) is 24.8 Å². The zero-order chi connectivity index (χ0) is 74.3. The average molecular weight is 1390 g/mol. The Balaban J connectivity index is 0.000000149. The number of fused-ring (bicyclic) bond motifs is 1. The zero-order valence-corrected chi connectivity index (χ0v) is 57.4. The molecule has 0 radical (unpaired) electrons. The minimum atomic E-state index is -0.884. The van der Waals surface area contributed by atoms with E-state index in [2.05, 4.69) is 94.4 Å². The third-order valence-corrected chi connectivity index (χ3v) is 15.1. The lowest BCUT2D eigenvalue weighted by Gasteiger charge is -2.05. The maximum Gasteiger partial charge on any atom is 0.308 e. The van der Waals surface area contributed by atoms with E-state index < -0.39 is 35.7 Å². The van der Waals surface area contributed by atoms with Gasteiger partial charge in [0, 0.05) is 107 Å². The summed E-state index contributed by atoms with van der Waals surface area (Å²) in [5.41, 5.74) is 38.0. The summed E-state index contributed by atoms with van der Waals surface area (Å²) in [5.74, 6) is -1.13. The van der Waals surface area contributed by atoms with Crippen LogP contribution in [-0.4, -0.2) is 108 Å². The first-order valence-corrected chi connectivity index (χ1v) is 31.6. The summed E-state index contributed by atoms with van der Waals surface area (Å²) >= 11 is 0. The van der Waals surface area contributed by atoms with E-state index >= 15 is 0 Å². The third kappa shape index (κ3) is 19.1. The fourth-order valence-corrected chi connectivity index (χ4v) is 10.8. The smallest absolute Gasteiger partial charge is 0.308 e. The number of carbonyl (C=O) groups excluding carboxylic acids is 4. The van der Waals surface area contributed by atoms with Gasteiger partial charge in [-0.25, -0.2) is 58.5 Å². The summed E-state index contributed by atoms with van der Waals surface area (Å²) in [6, 6.07) is 38.0. The van der Waals surface area contributed by atoms with E-state index in [0.717, 1.165) is 83.7 Å². The molecule has 5 aromatic carbocycles. The van der Waals surface area contributed by atoms with Gasteiger partial charge in [-0.3, -0.25) is 29.1 Å². The molecule has 0 unspecified atom stereocenters. The maximum atomic E-state index is 13.3. The van der Waals surface area contributed by atoms with Crippen molar-refractivity contribution in [3.05, 3.63) is 274 Å². The summed E-state index contributed by atoms with van der Waals surface area (Å²) in [4.78, 5) is 86.5. The average Bonchev–Trinajstić information content (AvgIpc) is 1.69. The Bertz CT molecular complexity index is 5500. The van der Waals surface area contributed by atoms with Crippen LogP contribution in [0.5, 0.6) is 0 Å². The largest absolute Gasteiger partial charge is 0.366 e. The van der Waals surface area contributed by atoms with Crippen molar-refractivity contribution in [1.82, 2.24) is 84.0 Å². The highest BCUT2D eigenvalue weighted by molar-refractivity contribution is 6.24. The molecule has 0 atom stereocenters. The van der Waals surface area contributed by atoms with Gasteiger partial charge in [0.25, 0.3) is 23.6 Å². The molecule has 0 spiro atoms. The molecule has 13 rings (SSSR count). The van der Waals surface area contributed by atoms with Gasteiger partial charge in [0.05, 0.1) is 34.4 Å². The molecule has 8 heterocycles. The molecule has 8 aromatic heterocycles. The first-order chi connectivity index (χ1) is 49.8. The summed E-state index contributed by atoms with van der Waals surface area (Å²) in [5, 5.41) is 18.5. The van der Waals surface area contributed by atoms with Crippen LogP contribution in [-0.2, 0) is 19.2 Å². The van der Waals surface area contributed by atoms with Crippen molar-refractivity contribution < 1.29 is 28.0 Å². The van der Waals surface area contributed by atoms with Gasteiger partial charge in [-0.1, -0.05) is 87.0 Å². The predicted octanol–water partition coefficient (Wildman–Crippen LogP) is 11.1. The number of hydrogen-bond acceptors (Lipinski definition) is 17. The first-order valence-electron chi connectivity index (χ1n) is 31.6. The Kier molecular flexibility index (Phi) is 22.7. The van der Waals surface area contributed by atoms with Crippen molar-refractivity contribution in [2.45, 2.75) is 55.4 Å². The molecule has 0 saturated heterocycles. The van der Waals surface area contributed by atoms with Crippen LogP contribution in [0.25, 0.3) is 108 Å². The number of benzene rings is 5. The van der Waals surface area contributed by atoms with Crippen LogP contribution < -0.4 is 22.9 Å². The number of aryl methyl sites for hydroxylation is 8. The van der Waals surface area contributed by atoms with Gasteiger partial charge in [-0.05, 0) is 139 Å². The third-order valence-electron chi connectivity index (χ3n) is 15.1. The van der Waals surface area contributed by atoms with Gasteiger partial charge in [0.2, 0.25) is 11.6 Å². The van der Waals surface area contributed by atoms with Crippen LogP contribution in [0.2, 0.25) is 0 Å². The lowest BCUT2D eigenvalue weighted by Crippen LogP contribution is -2.14. The van der Waals surface area contributed by atoms with E-state index in [0.29, 0.717) is 51.2 Å². The second-order valence-electron chi connectivity index (χ2n) is 23.9. The highest BCUT2D eigenvalue weighted by Gasteiger charge is 2.18. The molecular weight excluding hydrogens is 1320 g/mol. The van der Waals surface area contributed by atoms with Gasteiger partial charge < -0.3 is 22.9 Å². The number of hydrogen-bond donors (Lipinski definition) is 4. The number of para-hydroxylation sites is 1. The zero-order valence-electron chi connectivity index (χ0n) is 57.4. The minimum absolute atomic E-state index is 0.0943. The van der Waals surface area contributed by atoms with Crippen LogP contribution in [0.4, 0.5) is 14.5 Å². The standard InChI is InChI=1S/C22H19N5O.C19H16N6O.C18H16FN5O.C17H15FN6O/c1-14-7-15(2)9-17(8-14)22-25-13-27(26-22)12-19(21(23)28)18-10-16-5-3-4-6-20(16)24-11-18;1-12-4-13(2)6-14(5-12)19-23-11-25(24-19)10-17(18(20)26)15-7-16(21-3)9-22-8-15;1-11-5-12(2)7-14(6-11)18-22-10-24(23-18)9-15(17(20)25)13-3-4-21-16(19)8-13;1-10-3-11(2)5-12(4-10)16-22-9-24(23-16)8-14(15(19)25)13-6-20-17(18)21-7-13/h3-13H,1-2H3,(H2,23,28);4-11H,1-2H3,(H2,20,26);3-10H,1-2H3,(H2,20,25);3-9H,1-2H3,(H2,19,25)/b19-12+;17-10+;15-9+;14-8+. The van der Waals surface area contributed by atoms with E-state index in [4.69, 9.17) is 29.5 Å². The van der Waals surface area contributed by atoms with Gasteiger partial charge >= 0.3 is 6.08 Å². The number of amides is 4. The second kappa shape index (κ2) is 32.5. The summed E-state index contributed by atoms with van der Waals surface area (Å²) in [6.45, 7) is 23.1. The molecule has 0 bridgehead atoms. The quantitative estimate of drug-likeness (QED) is 0.0302. The van der Waals surface area contributed by atoms with Gasteiger partial charge in [-0.2, -0.15) is 8.78 Å². The lowest BCUT2D eigenvalue weighted by molar-refractivity contribution is -0.113. The normalized spacial score (nSPS) is 11.5. The molecular formula is C76H66F2N22O4. The number of rotatable bonds is 16. The fraction of sp³-hybridized carbons (Fsp3) is 0.105. The molecule has 28 heteroatoms. The van der Waals surface area contributed by atoms with Gasteiger partial charge in [0.15, 0.2) is 23.3 Å². The Morgan fingerprint density at radius 3 is 1.10 bits per heavy atom. The van der Waals surface area contributed by atoms with Crippen LogP contribution in [0.3, 0.4) is 0 Å². The van der Waals surface area contributed by atoms with Crippen molar-refractivity contribution >= 4 is 87.3 Å². The van der Waals surface area contributed by atoms with Gasteiger partial charge in [0.1, 0.15) is 25.3 Å². The molecule has 8 N–H and O–H groups in total. The highest BCUT2D eigenvalue weighted by atomic mass is 19.1.